The first-order chi connectivity index (χ1) is 19.5. The second-order valence-corrected chi connectivity index (χ2v) is 10.9. The largest absolute Gasteiger partial charge is 0.490 e. The van der Waals surface area contributed by atoms with Crippen LogP contribution in [0.3, 0.4) is 0 Å². The number of halogens is 6. The highest BCUT2D eigenvalue weighted by molar-refractivity contribution is 5.73. The van der Waals surface area contributed by atoms with Gasteiger partial charge >= 0.3 is 24.3 Å². The van der Waals surface area contributed by atoms with Gasteiger partial charge in [0.1, 0.15) is 0 Å². The predicted molar refractivity (Wildman–Crippen MR) is 141 cm³/mol. The number of benzene rings is 1. The Kier molecular flexibility index (Phi) is 12.8. The number of nitrogens with one attached hydrogen (secondary N) is 1. The number of carbonyl (C=O) groups is 2. The van der Waals surface area contributed by atoms with Crippen molar-refractivity contribution in [1.29, 1.82) is 0 Å². The van der Waals surface area contributed by atoms with Gasteiger partial charge in [0.05, 0.1) is 19.3 Å². The molecule has 42 heavy (non-hydrogen) atoms. The third kappa shape index (κ3) is 10.9. The monoisotopic (exact) mass is 612 g/mol. The molecule has 0 aromatic heterocycles. The third-order valence-corrected chi connectivity index (χ3v) is 7.92. The first-order valence-electron chi connectivity index (χ1n) is 13.6. The molecule has 0 radical (unpaired) electrons. The zero-order valence-corrected chi connectivity index (χ0v) is 23.2. The predicted octanol–water partition coefficient (Wildman–Crippen LogP) is 4.32. The second-order valence-electron chi connectivity index (χ2n) is 10.9. The second kappa shape index (κ2) is 15.2. The molecule has 1 spiro atoms. The molecular weight excluding hydrogens is 574 g/mol. The minimum Gasteiger partial charge on any atom is -0.475 e. The van der Waals surface area contributed by atoms with Crippen LogP contribution in [0.5, 0.6) is 0 Å². The summed E-state index contributed by atoms with van der Waals surface area (Å²) in [6, 6.07) is 12.0. The first kappa shape index (κ1) is 35.5. The Balaban J connectivity index is 0.000000367. The highest BCUT2D eigenvalue weighted by Gasteiger charge is 2.49. The molecule has 14 heteroatoms. The number of likely N-dealkylation sites (tertiary alicyclic amines) is 1. The number of aliphatic hydroxyl groups is 2. The Hall–Kier alpha value is -2.68. The molecule has 5 N–H and O–H groups in total. The number of alkyl halides is 6. The number of carboxylic acids is 2. The standard InChI is InChI=1S/C24H36N2O2.2C2HF3O2/c1-2-19(12-18-6-4-3-5-7-18)22-13-23(22)25-20-14-24(15-20)8-10-26(11-9-24)21(16-27)17-28;2*3-2(4,5)1(6)7/h3-7,12,20-23,25,27-28H,2,8-11,13-17H2,1H3;2*(H,6,7)/b19-12+;;/t22-,23+;;/m1../s1. The lowest BCUT2D eigenvalue weighted by Crippen LogP contribution is -2.56. The van der Waals surface area contributed by atoms with Crippen LogP contribution in [0.1, 0.15) is 51.0 Å². The molecule has 1 aromatic carbocycles. The molecule has 0 unspecified atom stereocenters. The van der Waals surface area contributed by atoms with Crippen LogP contribution < -0.4 is 5.32 Å². The molecule has 3 fully saturated rings. The molecule has 4 rings (SSSR count). The van der Waals surface area contributed by atoms with Crippen LogP contribution in [0.2, 0.25) is 0 Å². The summed E-state index contributed by atoms with van der Waals surface area (Å²) in [5.41, 5.74) is 3.43. The minimum atomic E-state index is -5.08. The maximum Gasteiger partial charge on any atom is 0.490 e. The maximum absolute atomic E-state index is 10.6. The van der Waals surface area contributed by atoms with Crippen molar-refractivity contribution in [2.75, 3.05) is 26.3 Å². The van der Waals surface area contributed by atoms with E-state index in [4.69, 9.17) is 19.8 Å². The van der Waals surface area contributed by atoms with Gasteiger partial charge in [-0.25, -0.2) is 9.59 Å². The average Bonchev–Trinajstić information content (AvgIpc) is 3.67. The van der Waals surface area contributed by atoms with Crippen molar-refractivity contribution in [3.05, 3.63) is 41.5 Å². The maximum atomic E-state index is 10.6. The molecule has 0 bridgehead atoms. The summed E-state index contributed by atoms with van der Waals surface area (Å²) in [5.74, 6) is -4.79. The van der Waals surface area contributed by atoms with E-state index in [1.165, 1.54) is 37.7 Å². The van der Waals surface area contributed by atoms with Gasteiger partial charge in [0.15, 0.2) is 0 Å². The summed E-state index contributed by atoms with van der Waals surface area (Å²) >= 11 is 0. The van der Waals surface area contributed by atoms with Crippen LogP contribution in [0.15, 0.2) is 35.9 Å². The van der Waals surface area contributed by atoms with E-state index in [2.05, 4.69) is 53.5 Å². The Bertz CT molecular complexity index is 1010. The molecule has 8 nitrogen and oxygen atoms in total. The molecule has 2 atom stereocenters. The molecular formula is C28H38F6N2O6. The molecule has 2 saturated carbocycles. The fraction of sp³-hybridized carbons (Fsp3) is 0.643. The summed E-state index contributed by atoms with van der Waals surface area (Å²) in [4.78, 5) is 20.1. The zero-order valence-electron chi connectivity index (χ0n) is 23.2. The topological polar surface area (TPSA) is 130 Å². The molecule has 3 aliphatic rings. The van der Waals surface area contributed by atoms with Crippen LogP contribution in [0.25, 0.3) is 6.08 Å². The lowest BCUT2D eigenvalue weighted by Gasteiger charge is -2.53. The van der Waals surface area contributed by atoms with Gasteiger partial charge in [0.2, 0.25) is 0 Å². The molecule has 2 aliphatic carbocycles. The lowest BCUT2D eigenvalue weighted by atomic mass is 9.60. The number of piperidine rings is 1. The number of nitrogens with zero attached hydrogens (tertiary/aromatic N) is 1. The van der Waals surface area contributed by atoms with E-state index in [0.29, 0.717) is 17.5 Å². The Morgan fingerprint density at radius 3 is 1.86 bits per heavy atom. The van der Waals surface area contributed by atoms with E-state index < -0.39 is 24.3 Å². The highest BCUT2D eigenvalue weighted by atomic mass is 19.4. The van der Waals surface area contributed by atoms with Crippen molar-refractivity contribution >= 4 is 18.0 Å². The summed E-state index contributed by atoms with van der Waals surface area (Å²) in [6.45, 7) is 4.44. The zero-order chi connectivity index (χ0) is 31.7. The molecule has 0 amide bonds. The number of hydrogen-bond donors (Lipinski definition) is 5. The smallest absolute Gasteiger partial charge is 0.475 e. The van der Waals surface area contributed by atoms with Gasteiger partial charge in [-0.05, 0) is 68.5 Å². The fourth-order valence-electron chi connectivity index (χ4n) is 5.49. The van der Waals surface area contributed by atoms with E-state index in [1.807, 2.05) is 0 Å². The van der Waals surface area contributed by atoms with Crippen LogP contribution in [-0.2, 0) is 9.59 Å². The van der Waals surface area contributed by atoms with Gasteiger partial charge in [-0.3, -0.25) is 4.90 Å². The summed E-state index contributed by atoms with van der Waals surface area (Å²) in [7, 11) is 0. The summed E-state index contributed by atoms with van der Waals surface area (Å²) < 4.78 is 63.5. The van der Waals surface area contributed by atoms with E-state index >= 15 is 0 Å². The molecule has 1 heterocycles. The molecule has 1 saturated heterocycles. The third-order valence-electron chi connectivity index (χ3n) is 7.92. The van der Waals surface area contributed by atoms with E-state index in [9.17, 15) is 36.6 Å². The molecule has 1 aromatic rings. The minimum absolute atomic E-state index is 0.0625. The van der Waals surface area contributed by atoms with Crippen molar-refractivity contribution in [3.8, 4) is 0 Å². The number of rotatable bonds is 8. The quantitative estimate of drug-likeness (QED) is 0.275. The number of aliphatic hydroxyl groups excluding tert-OH is 2. The number of carboxylic acid groups (broad SMARTS) is 2. The lowest BCUT2D eigenvalue weighted by molar-refractivity contribution is -0.193. The first-order valence-corrected chi connectivity index (χ1v) is 13.6. The molecule has 238 valence electrons. The van der Waals surface area contributed by atoms with Crippen LogP contribution in [-0.4, -0.2) is 94.0 Å². The van der Waals surface area contributed by atoms with Gasteiger partial charge in [-0.2, -0.15) is 26.3 Å². The van der Waals surface area contributed by atoms with Crippen molar-refractivity contribution in [1.82, 2.24) is 10.2 Å². The average molecular weight is 613 g/mol. The SMILES string of the molecule is CC/C(=C\c1ccccc1)[C@H]1C[C@@H]1NC1CC2(CCN(C(CO)CO)CC2)C1.O=C(O)C(F)(F)F.O=C(O)C(F)(F)F. The Morgan fingerprint density at radius 1 is 0.976 bits per heavy atom. The van der Waals surface area contributed by atoms with Gasteiger partial charge in [0.25, 0.3) is 0 Å². The number of hydrogen-bond acceptors (Lipinski definition) is 6. The van der Waals surface area contributed by atoms with Crippen molar-refractivity contribution in [2.45, 2.75) is 75.9 Å². The van der Waals surface area contributed by atoms with Crippen molar-refractivity contribution < 1.29 is 56.4 Å². The van der Waals surface area contributed by atoms with Crippen LogP contribution >= 0.6 is 0 Å². The highest BCUT2D eigenvalue weighted by Crippen LogP contribution is 2.51. The van der Waals surface area contributed by atoms with Crippen LogP contribution in [0, 0.1) is 11.3 Å². The van der Waals surface area contributed by atoms with Crippen molar-refractivity contribution in [2.24, 2.45) is 11.3 Å². The van der Waals surface area contributed by atoms with Gasteiger partial charge in [0, 0.05) is 12.1 Å². The number of aliphatic carboxylic acids is 2. The van der Waals surface area contributed by atoms with Gasteiger partial charge < -0.3 is 25.7 Å². The summed E-state index contributed by atoms with van der Waals surface area (Å²) in [6.07, 6.45) is -0.317. The normalized spacial score (nSPS) is 22.4. The van der Waals surface area contributed by atoms with Crippen molar-refractivity contribution in [3.63, 3.8) is 0 Å². The summed E-state index contributed by atoms with van der Waals surface area (Å²) in [5, 5.41) is 37.0. The Labute approximate surface area is 240 Å². The molecule has 1 aliphatic heterocycles. The van der Waals surface area contributed by atoms with E-state index in [1.54, 1.807) is 5.57 Å². The van der Waals surface area contributed by atoms with Gasteiger partial charge in [-0.15, -0.1) is 0 Å². The van der Waals surface area contributed by atoms with Gasteiger partial charge in [-0.1, -0.05) is 48.9 Å². The van der Waals surface area contributed by atoms with E-state index in [-0.39, 0.29) is 19.3 Å². The fourth-order valence-corrected chi connectivity index (χ4v) is 5.49. The van der Waals surface area contributed by atoms with E-state index in [0.717, 1.165) is 25.4 Å². The van der Waals surface area contributed by atoms with Crippen LogP contribution in [0.4, 0.5) is 26.3 Å². The Morgan fingerprint density at radius 2 is 1.45 bits per heavy atom.